The second kappa shape index (κ2) is 11.1. The SMILES string of the molecule is CCOC(=O)c1cccc(-c2ccc(/C=C3/SC(=Nc4ccccc4)N(Cc4ccccc4)C3=O)o2)c1. The van der Waals surface area contributed by atoms with E-state index in [1.807, 2.05) is 72.8 Å². The predicted octanol–water partition coefficient (Wildman–Crippen LogP) is 6.93. The van der Waals surface area contributed by atoms with Gasteiger partial charge in [-0.2, -0.15) is 0 Å². The number of thioether (sulfide) groups is 1. The van der Waals surface area contributed by atoms with Crippen LogP contribution in [0.5, 0.6) is 0 Å². The van der Waals surface area contributed by atoms with E-state index in [-0.39, 0.29) is 11.9 Å². The van der Waals surface area contributed by atoms with E-state index in [9.17, 15) is 9.59 Å². The monoisotopic (exact) mass is 508 g/mol. The number of esters is 1. The van der Waals surface area contributed by atoms with Gasteiger partial charge in [0.05, 0.1) is 29.3 Å². The van der Waals surface area contributed by atoms with Crippen LogP contribution in [0, 0.1) is 0 Å². The molecule has 5 rings (SSSR count). The van der Waals surface area contributed by atoms with Crippen LogP contribution < -0.4 is 0 Å². The summed E-state index contributed by atoms with van der Waals surface area (Å²) in [6, 6.07) is 30.1. The fourth-order valence-corrected chi connectivity index (χ4v) is 4.82. The third-order valence-electron chi connectivity index (χ3n) is 5.61. The Morgan fingerprint density at radius 3 is 2.49 bits per heavy atom. The number of aliphatic imine (C=N–C) groups is 1. The molecule has 0 N–H and O–H groups in total. The van der Waals surface area contributed by atoms with Gasteiger partial charge in [-0.15, -0.1) is 0 Å². The number of benzene rings is 3. The fourth-order valence-electron chi connectivity index (χ4n) is 3.84. The molecule has 184 valence electrons. The van der Waals surface area contributed by atoms with E-state index in [0.29, 0.717) is 40.3 Å². The summed E-state index contributed by atoms with van der Waals surface area (Å²) in [5.74, 6) is 0.613. The first-order chi connectivity index (χ1) is 18.1. The normalized spacial score (nSPS) is 15.5. The van der Waals surface area contributed by atoms with E-state index >= 15 is 0 Å². The van der Waals surface area contributed by atoms with Crippen molar-refractivity contribution in [3.63, 3.8) is 0 Å². The van der Waals surface area contributed by atoms with Crippen LogP contribution in [0.1, 0.15) is 28.6 Å². The summed E-state index contributed by atoms with van der Waals surface area (Å²) in [6.07, 6.45) is 1.73. The number of hydrogen-bond donors (Lipinski definition) is 0. The second-order valence-electron chi connectivity index (χ2n) is 8.22. The fraction of sp³-hybridized carbons (Fsp3) is 0.100. The summed E-state index contributed by atoms with van der Waals surface area (Å²) in [6.45, 7) is 2.50. The molecule has 0 radical (unpaired) electrons. The van der Waals surface area contributed by atoms with Gasteiger partial charge in [0.25, 0.3) is 5.91 Å². The molecule has 0 saturated carbocycles. The van der Waals surface area contributed by atoms with Gasteiger partial charge in [0.1, 0.15) is 11.5 Å². The Kier molecular flexibility index (Phi) is 7.33. The molecular weight excluding hydrogens is 484 g/mol. The number of para-hydroxylation sites is 1. The van der Waals surface area contributed by atoms with Crippen LogP contribution in [0.15, 0.2) is 111 Å². The molecule has 3 aromatic carbocycles. The van der Waals surface area contributed by atoms with Crippen molar-refractivity contribution in [1.82, 2.24) is 4.90 Å². The van der Waals surface area contributed by atoms with Crippen molar-refractivity contribution in [2.75, 3.05) is 6.61 Å². The number of amides is 1. The highest BCUT2D eigenvalue weighted by Crippen LogP contribution is 2.36. The van der Waals surface area contributed by atoms with Crippen LogP contribution in [-0.4, -0.2) is 28.6 Å². The molecule has 1 aliphatic rings. The predicted molar refractivity (Wildman–Crippen MR) is 146 cm³/mol. The molecule has 1 fully saturated rings. The van der Waals surface area contributed by atoms with Crippen molar-refractivity contribution < 1.29 is 18.7 Å². The summed E-state index contributed by atoms with van der Waals surface area (Å²) in [5, 5.41) is 0.611. The number of carbonyl (C=O) groups is 2. The van der Waals surface area contributed by atoms with E-state index in [1.54, 1.807) is 42.2 Å². The quantitative estimate of drug-likeness (QED) is 0.200. The third kappa shape index (κ3) is 5.73. The van der Waals surface area contributed by atoms with Gasteiger partial charge >= 0.3 is 5.97 Å². The number of amidine groups is 1. The molecule has 2 heterocycles. The van der Waals surface area contributed by atoms with Crippen LogP contribution in [0.2, 0.25) is 0 Å². The molecule has 7 heteroatoms. The number of rotatable bonds is 7. The molecule has 0 aliphatic carbocycles. The molecule has 0 spiro atoms. The number of ether oxygens (including phenoxy) is 1. The van der Waals surface area contributed by atoms with Gasteiger partial charge in [-0.05, 0) is 60.6 Å². The van der Waals surface area contributed by atoms with Crippen LogP contribution in [0.25, 0.3) is 17.4 Å². The first kappa shape index (κ1) is 24.3. The summed E-state index contributed by atoms with van der Waals surface area (Å²) < 4.78 is 11.1. The van der Waals surface area contributed by atoms with Gasteiger partial charge in [0.2, 0.25) is 0 Å². The maximum atomic E-state index is 13.4. The van der Waals surface area contributed by atoms with Crippen molar-refractivity contribution in [2.45, 2.75) is 13.5 Å². The minimum atomic E-state index is -0.380. The van der Waals surface area contributed by atoms with Crippen molar-refractivity contribution in [3.05, 3.63) is 119 Å². The van der Waals surface area contributed by atoms with E-state index < -0.39 is 0 Å². The minimum absolute atomic E-state index is 0.134. The summed E-state index contributed by atoms with van der Waals surface area (Å²) in [7, 11) is 0. The lowest BCUT2D eigenvalue weighted by molar-refractivity contribution is -0.122. The Labute approximate surface area is 219 Å². The molecule has 1 aliphatic heterocycles. The topological polar surface area (TPSA) is 72.1 Å². The summed E-state index contributed by atoms with van der Waals surface area (Å²) in [5.41, 5.74) is 2.99. The zero-order chi connectivity index (χ0) is 25.6. The largest absolute Gasteiger partial charge is 0.462 e. The average Bonchev–Trinajstić information content (AvgIpc) is 3.51. The molecule has 4 aromatic rings. The highest BCUT2D eigenvalue weighted by molar-refractivity contribution is 8.18. The number of furan rings is 1. The smallest absolute Gasteiger partial charge is 0.338 e. The van der Waals surface area contributed by atoms with Crippen molar-refractivity contribution in [3.8, 4) is 11.3 Å². The molecule has 0 unspecified atom stereocenters. The van der Waals surface area contributed by atoms with Crippen molar-refractivity contribution in [1.29, 1.82) is 0 Å². The van der Waals surface area contributed by atoms with E-state index in [1.165, 1.54) is 11.8 Å². The Bertz CT molecular complexity index is 1480. The van der Waals surface area contributed by atoms with Crippen molar-refractivity contribution >= 4 is 40.6 Å². The van der Waals surface area contributed by atoms with E-state index in [4.69, 9.17) is 14.1 Å². The highest BCUT2D eigenvalue weighted by Gasteiger charge is 2.33. The second-order valence-corrected chi connectivity index (χ2v) is 9.23. The lowest BCUT2D eigenvalue weighted by atomic mass is 10.1. The Morgan fingerprint density at radius 2 is 1.73 bits per heavy atom. The standard InChI is InChI=1S/C30H24N2O4S/c1-2-35-29(34)23-13-9-12-22(18-23)26-17-16-25(36-26)19-27-28(33)32(20-21-10-5-3-6-11-21)30(37-27)31-24-14-7-4-8-15-24/h3-19H,2,20H2,1H3/b27-19+,31-30?. The average molecular weight is 509 g/mol. The number of hydrogen-bond acceptors (Lipinski definition) is 6. The highest BCUT2D eigenvalue weighted by atomic mass is 32.2. The van der Waals surface area contributed by atoms with Crippen LogP contribution in [-0.2, 0) is 16.1 Å². The summed E-state index contributed by atoms with van der Waals surface area (Å²) in [4.78, 5) is 32.5. The first-order valence-electron chi connectivity index (χ1n) is 11.9. The molecule has 1 aromatic heterocycles. The first-order valence-corrected chi connectivity index (χ1v) is 12.7. The molecular formula is C30H24N2O4S. The molecule has 1 amide bonds. The molecule has 0 bridgehead atoms. The molecule has 6 nitrogen and oxygen atoms in total. The van der Waals surface area contributed by atoms with Crippen LogP contribution in [0.3, 0.4) is 0 Å². The maximum absolute atomic E-state index is 13.4. The number of nitrogens with zero attached hydrogens (tertiary/aromatic N) is 2. The maximum Gasteiger partial charge on any atom is 0.338 e. The van der Waals surface area contributed by atoms with Crippen LogP contribution in [0.4, 0.5) is 5.69 Å². The molecule has 0 atom stereocenters. The van der Waals surface area contributed by atoms with Gasteiger partial charge in [-0.3, -0.25) is 9.69 Å². The van der Waals surface area contributed by atoms with Gasteiger partial charge in [-0.25, -0.2) is 9.79 Å². The van der Waals surface area contributed by atoms with Gasteiger partial charge in [-0.1, -0.05) is 60.7 Å². The number of carbonyl (C=O) groups excluding carboxylic acids is 2. The lowest BCUT2D eigenvalue weighted by Gasteiger charge is -2.15. The van der Waals surface area contributed by atoms with E-state index in [2.05, 4.69) is 0 Å². The zero-order valence-corrected chi connectivity index (χ0v) is 21.0. The van der Waals surface area contributed by atoms with Gasteiger partial charge < -0.3 is 9.15 Å². The van der Waals surface area contributed by atoms with E-state index in [0.717, 1.165) is 16.8 Å². The minimum Gasteiger partial charge on any atom is -0.462 e. The van der Waals surface area contributed by atoms with Crippen molar-refractivity contribution in [2.24, 2.45) is 4.99 Å². The third-order valence-corrected chi connectivity index (χ3v) is 6.62. The summed E-state index contributed by atoms with van der Waals surface area (Å²) >= 11 is 1.32. The zero-order valence-electron chi connectivity index (χ0n) is 20.2. The lowest BCUT2D eigenvalue weighted by Crippen LogP contribution is -2.28. The molecule has 1 saturated heterocycles. The molecule has 37 heavy (non-hydrogen) atoms. The Morgan fingerprint density at radius 1 is 0.973 bits per heavy atom. The van der Waals surface area contributed by atoms with Gasteiger partial charge in [0, 0.05) is 11.6 Å². The Hall–Kier alpha value is -4.36. The Balaban J connectivity index is 1.43. The van der Waals surface area contributed by atoms with Crippen LogP contribution >= 0.6 is 11.8 Å². The van der Waals surface area contributed by atoms with Gasteiger partial charge in [0.15, 0.2) is 5.17 Å².